The van der Waals surface area contributed by atoms with E-state index in [1.54, 1.807) is 7.05 Å². The number of nitrogens with zero attached hydrogens (tertiary/aromatic N) is 2. The zero-order valence-corrected chi connectivity index (χ0v) is 19.2. The van der Waals surface area contributed by atoms with E-state index in [-0.39, 0.29) is 41.3 Å². The third kappa shape index (κ3) is 7.92. The van der Waals surface area contributed by atoms with Crippen molar-refractivity contribution in [3.63, 3.8) is 0 Å². The van der Waals surface area contributed by atoms with Gasteiger partial charge in [-0.3, -0.25) is 9.98 Å². The van der Waals surface area contributed by atoms with Gasteiger partial charge in [0.1, 0.15) is 5.75 Å². The second-order valence-electron chi connectivity index (χ2n) is 5.66. The molecule has 0 bridgehead atoms. The van der Waals surface area contributed by atoms with E-state index in [1.807, 2.05) is 25.3 Å². The molecule has 28 heavy (non-hydrogen) atoms. The summed E-state index contributed by atoms with van der Waals surface area (Å²) in [5.74, 6) is 0.402. The molecule has 1 aromatic carbocycles. The topological polar surface area (TPSA) is 58.5 Å². The van der Waals surface area contributed by atoms with Gasteiger partial charge in [0.05, 0.1) is 5.02 Å². The first kappa shape index (κ1) is 24.6. The summed E-state index contributed by atoms with van der Waals surface area (Å²) in [6.45, 7) is -0.264. The average molecular weight is 545 g/mol. The first-order valence-electron chi connectivity index (χ1n) is 8.18. The summed E-state index contributed by atoms with van der Waals surface area (Å²) in [5, 5.41) is 6.53. The molecule has 0 atom stereocenters. The Balaban J connectivity index is 0.00000392. The third-order valence-corrected chi connectivity index (χ3v) is 4.14. The minimum Gasteiger partial charge on any atom is -0.433 e. The van der Waals surface area contributed by atoms with Gasteiger partial charge in [0.15, 0.2) is 5.96 Å². The van der Waals surface area contributed by atoms with Gasteiger partial charge in [-0.15, -0.1) is 24.0 Å². The fourth-order valence-corrected chi connectivity index (χ4v) is 2.92. The van der Waals surface area contributed by atoms with Crippen molar-refractivity contribution in [2.24, 2.45) is 4.99 Å². The van der Waals surface area contributed by atoms with Crippen molar-refractivity contribution in [3.05, 3.63) is 57.3 Å². The van der Waals surface area contributed by atoms with Gasteiger partial charge in [-0.25, -0.2) is 0 Å². The second-order valence-corrected chi connectivity index (χ2v) is 6.51. The van der Waals surface area contributed by atoms with Crippen molar-refractivity contribution in [3.8, 4) is 5.75 Å². The molecule has 0 unspecified atom stereocenters. The number of aromatic nitrogens is 1. The lowest BCUT2D eigenvalue weighted by atomic mass is 10.2. The molecule has 2 N–H and O–H groups in total. The van der Waals surface area contributed by atoms with Crippen molar-refractivity contribution in [2.75, 3.05) is 13.6 Å². The van der Waals surface area contributed by atoms with E-state index < -0.39 is 6.61 Å². The SMILES string of the molecule is CN=C(NCCc1ccc(C)nc1)NCc1cc(Cl)cc(Cl)c1OC(F)F.I. The van der Waals surface area contributed by atoms with Crippen LogP contribution in [0.3, 0.4) is 0 Å². The fraction of sp³-hybridized carbons (Fsp3) is 0.333. The van der Waals surface area contributed by atoms with Crippen molar-refractivity contribution in [1.82, 2.24) is 15.6 Å². The lowest BCUT2D eigenvalue weighted by Gasteiger charge is -2.16. The van der Waals surface area contributed by atoms with E-state index >= 15 is 0 Å². The lowest BCUT2D eigenvalue weighted by Crippen LogP contribution is -2.38. The number of aryl methyl sites for hydroxylation is 1. The van der Waals surface area contributed by atoms with Crippen LogP contribution in [0.2, 0.25) is 10.0 Å². The maximum absolute atomic E-state index is 12.6. The van der Waals surface area contributed by atoms with Gasteiger partial charge in [0, 0.05) is 42.6 Å². The van der Waals surface area contributed by atoms with E-state index in [0.717, 1.165) is 17.7 Å². The molecule has 1 aromatic heterocycles. The predicted molar refractivity (Wildman–Crippen MR) is 119 cm³/mol. The summed E-state index contributed by atoms with van der Waals surface area (Å²) < 4.78 is 29.8. The van der Waals surface area contributed by atoms with E-state index in [1.165, 1.54) is 12.1 Å². The van der Waals surface area contributed by atoms with Crippen LogP contribution in [0.1, 0.15) is 16.8 Å². The molecule has 0 aliphatic rings. The predicted octanol–water partition coefficient (Wildman–Crippen LogP) is 4.82. The number of hydrogen-bond donors (Lipinski definition) is 2. The van der Waals surface area contributed by atoms with Crippen LogP contribution in [0.4, 0.5) is 8.78 Å². The highest BCUT2D eigenvalue weighted by atomic mass is 127. The Morgan fingerprint density at radius 1 is 1.25 bits per heavy atom. The standard InChI is InChI=1S/C18H20Cl2F2N4O.HI/c1-11-3-4-12(9-25-11)5-6-24-18(23-2)26-10-13-7-14(19)8-15(20)16(13)27-17(21)22;/h3-4,7-9,17H,5-6,10H2,1-2H3,(H2,23,24,26);1H. The zero-order valence-electron chi connectivity index (χ0n) is 15.3. The Morgan fingerprint density at radius 2 is 2.00 bits per heavy atom. The molecule has 2 aromatic rings. The fourth-order valence-electron chi connectivity index (χ4n) is 2.34. The highest BCUT2D eigenvalue weighted by molar-refractivity contribution is 14.0. The molecule has 0 saturated heterocycles. The van der Waals surface area contributed by atoms with E-state index in [2.05, 4.69) is 25.3 Å². The number of ether oxygens (including phenoxy) is 1. The number of pyridine rings is 1. The molecule has 2 rings (SSSR count). The number of guanidine groups is 1. The minimum absolute atomic E-state index is 0. The Bertz CT molecular complexity index is 792. The van der Waals surface area contributed by atoms with Crippen LogP contribution in [0, 0.1) is 6.92 Å². The number of alkyl halides is 2. The van der Waals surface area contributed by atoms with Crippen LogP contribution in [0.25, 0.3) is 0 Å². The summed E-state index contributed by atoms with van der Waals surface area (Å²) in [5.41, 5.74) is 2.46. The molecule has 5 nitrogen and oxygen atoms in total. The van der Waals surface area contributed by atoms with Crippen LogP contribution in [0.15, 0.2) is 35.5 Å². The van der Waals surface area contributed by atoms with Crippen LogP contribution < -0.4 is 15.4 Å². The van der Waals surface area contributed by atoms with Crippen molar-refractivity contribution in [2.45, 2.75) is 26.5 Å². The Hall–Kier alpha value is -1.39. The normalized spacial score (nSPS) is 11.2. The Labute approximate surface area is 189 Å². The smallest absolute Gasteiger partial charge is 0.387 e. The van der Waals surface area contributed by atoms with Gasteiger partial charge >= 0.3 is 6.61 Å². The Kier molecular flexibility index (Phi) is 10.8. The Morgan fingerprint density at radius 3 is 2.61 bits per heavy atom. The van der Waals surface area contributed by atoms with Crippen molar-refractivity contribution in [1.29, 1.82) is 0 Å². The molecular formula is C18H21Cl2F2IN4O. The monoisotopic (exact) mass is 544 g/mol. The molecule has 0 saturated carbocycles. The summed E-state index contributed by atoms with van der Waals surface area (Å²) in [4.78, 5) is 8.36. The molecule has 0 fully saturated rings. The van der Waals surface area contributed by atoms with Gasteiger partial charge in [0.2, 0.25) is 0 Å². The first-order chi connectivity index (χ1) is 12.9. The molecule has 0 radical (unpaired) electrons. The zero-order chi connectivity index (χ0) is 19.8. The molecule has 0 spiro atoms. The maximum atomic E-state index is 12.6. The minimum atomic E-state index is -2.98. The number of hydrogen-bond acceptors (Lipinski definition) is 3. The van der Waals surface area contributed by atoms with Gasteiger partial charge in [0.25, 0.3) is 0 Å². The van der Waals surface area contributed by atoms with Gasteiger partial charge < -0.3 is 15.4 Å². The molecule has 0 amide bonds. The molecule has 154 valence electrons. The maximum Gasteiger partial charge on any atom is 0.387 e. The summed E-state index contributed by atoms with van der Waals surface area (Å²) in [6.07, 6.45) is 2.59. The van der Waals surface area contributed by atoms with Crippen molar-refractivity contribution < 1.29 is 13.5 Å². The second kappa shape index (κ2) is 12.2. The summed E-state index contributed by atoms with van der Waals surface area (Å²) >= 11 is 11.9. The quantitative estimate of drug-likeness (QED) is 0.298. The number of rotatable bonds is 7. The van der Waals surface area contributed by atoms with Gasteiger partial charge in [-0.2, -0.15) is 8.78 Å². The molecule has 0 aliphatic heterocycles. The number of aliphatic imine (C=N–C) groups is 1. The van der Waals surface area contributed by atoms with E-state index in [9.17, 15) is 8.78 Å². The van der Waals surface area contributed by atoms with Crippen LogP contribution >= 0.6 is 47.2 Å². The van der Waals surface area contributed by atoms with Gasteiger partial charge in [-0.1, -0.05) is 29.3 Å². The van der Waals surface area contributed by atoms with Crippen molar-refractivity contribution >= 4 is 53.1 Å². The number of nitrogens with one attached hydrogen (secondary N) is 2. The van der Waals surface area contributed by atoms with Crippen LogP contribution in [0.5, 0.6) is 5.75 Å². The third-order valence-electron chi connectivity index (χ3n) is 3.64. The summed E-state index contributed by atoms with van der Waals surface area (Å²) in [6, 6.07) is 6.84. The number of benzene rings is 1. The largest absolute Gasteiger partial charge is 0.433 e. The van der Waals surface area contributed by atoms with E-state index in [4.69, 9.17) is 23.2 Å². The number of halogens is 5. The highest BCUT2D eigenvalue weighted by Crippen LogP contribution is 2.33. The molecule has 0 aliphatic carbocycles. The van der Waals surface area contributed by atoms with E-state index in [0.29, 0.717) is 23.1 Å². The first-order valence-corrected chi connectivity index (χ1v) is 8.93. The molecule has 1 heterocycles. The summed E-state index contributed by atoms with van der Waals surface area (Å²) in [7, 11) is 1.62. The lowest BCUT2D eigenvalue weighted by molar-refractivity contribution is -0.0504. The van der Waals surface area contributed by atoms with Crippen LogP contribution in [-0.2, 0) is 13.0 Å². The highest BCUT2D eigenvalue weighted by Gasteiger charge is 2.15. The average Bonchev–Trinajstić information content (AvgIpc) is 2.62. The van der Waals surface area contributed by atoms with Crippen LogP contribution in [-0.4, -0.2) is 31.1 Å². The van der Waals surface area contributed by atoms with Gasteiger partial charge in [-0.05, 0) is 37.1 Å². The molecule has 10 heteroatoms. The molecular weight excluding hydrogens is 524 g/mol.